The van der Waals surface area contributed by atoms with Crippen LogP contribution in [0.1, 0.15) is 25.0 Å². The third-order valence-electron chi connectivity index (χ3n) is 3.28. The third kappa shape index (κ3) is 5.58. The van der Waals surface area contributed by atoms with E-state index in [1.54, 1.807) is 4.31 Å². The summed E-state index contributed by atoms with van der Waals surface area (Å²) in [6.07, 6.45) is 0. The summed E-state index contributed by atoms with van der Waals surface area (Å²) in [5.41, 5.74) is 1.72. The second kappa shape index (κ2) is 8.13. The van der Waals surface area contributed by atoms with Crippen LogP contribution in [0.4, 0.5) is 0 Å². The molecule has 120 valence electrons. The van der Waals surface area contributed by atoms with Crippen molar-refractivity contribution in [3.05, 3.63) is 35.4 Å². The average Bonchev–Trinajstić information content (AvgIpc) is 2.37. The number of halogens is 1. The van der Waals surface area contributed by atoms with E-state index in [-0.39, 0.29) is 11.8 Å². The van der Waals surface area contributed by atoms with Crippen LogP contribution >= 0.6 is 11.6 Å². The zero-order chi connectivity index (χ0) is 16.0. The van der Waals surface area contributed by atoms with Gasteiger partial charge in [-0.15, -0.1) is 11.6 Å². The van der Waals surface area contributed by atoms with E-state index in [1.165, 1.54) is 0 Å². The van der Waals surface area contributed by atoms with Gasteiger partial charge in [0.05, 0.1) is 5.75 Å². The molecule has 0 spiro atoms. The van der Waals surface area contributed by atoms with Gasteiger partial charge in [-0.1, -0.05) is 31.2 Å². The number of sulfonamides is 1. The second-order valence-electron chi connectivity index (χ2n) is 5.52. The molecular weight excluding hydrogens is 308 g/mol. The van der Waals surface area contributed by atoms with E-state index in [4.69, 9.17) is 11.6 Å². The lowest BCUT2D eigenvalue weighted by Gasteiger charge is -2.29. The number of hydrogen-bond acceptors (Lipinski definition) is 3. The van der Waals surface area contributed by atoms with Gasteiger partial charge in [-0.05, 0) is 32.1 Å². The van der Waals surface area contributed by atoms with E-state index in [9.17, 15) is 8.42 Å². The normalized spacial score (nSPS) is 13.9. The highest BCUT2D eigenvalue weighted by Crippen LogP contribution is 2.16. The number of benzene rings is 1. The molecule has 0 aliphatic carbocycles. The molecule has 1 unspecified atom stereocenters. The maximum Gasteiger partial charge on any atom is 0.218 e. The minimum absolute atomic E-state index is 0.0172. The molecule has 0 aliphatic heterocycles. The zero-order valence-corrected chi connectivity index (χ0v) is 14.8. The summed E-state index contributed by atoms with van der Waals surface area (Å²) in [7, 11) is 0.559. The minimum Gasteiger partial charge on any atom is -0.308 e. The molecule has 0 N–H and O–H groups in total. The van der Waals surface area contributed by atoms with Crippen molar-refractivity contribution in [2.24, 2.45) is 0 Å². The molecule has 0 aromatic heterocycles. The van der Waals surface area contributed by atoms with Crippen molar-refractivity contribution in [2.45, 2.75) is 31.5 Å². The van der Waals surface area contributed by atoms with Crippen LogP contribution in [0.25, 0.3) is 0 Å². The quantitative estimate of drug-likeness (QED) is 0.687. The van der Waals surface area contributed by atoms with Crippen molar-refractivity contribution in [1.82, 2.24) is 9.21 Å². The fourth-order valence-electron chi connectivity index (χ4n) is 2.50. The minimum atomic E-state index is -3.33. The number of alkyl halides is 1. The van der Waals surface area contributed by atoms with Crippen molar-refractivity contribution in [1.29, 1.82) is 0 Å². The summed E-state index contributed by atoms with van der Waals surface area (Å²) >= 11 is 5.80. The smallest absolute Gasteiger partial charge is 0.218 e. The Balaban J connectivity index is 2.91. The van der Waals surface area contributed by atoms with Gasteiger partial charge >= 0.3 is 0 Å². The van der Waals surface area contributed by atoms with Crippen LogP contribution in [0.15, 0.2) is 24.3 Å². The van der Waals surface area contributed by atoms with Crippen LogP contribution < -0.4 is 0 Å². The second-order valence-corrected chi connectivity index (χ2v) is 7.71. The Kier molecular flexibility index (Phi) is 7.13. The predicted octanol–water partition coefficient (Wildman–Crippen LogP) is 2.53. The van der Waals surface area contributed by atoms with Crippen molar-refractivity contribution in [3.63, 3.8) is 0 Å². The molecule has 0 fully saturated rings. The lowest BCUT2D eigenvalue weighted by Crippen LogP contribution is -2.44. The molecule has 0 saturated carbocycles. The van der Waals surface area contributed by atoms with Gasteiger partial charge < -0.3 is 4.90 Å². The van der Waals surface area contributed by atoms with Crippen LogP contribution in [-0.2, 0) is 21.7 Å². The Morgan fingerprint density at radius 1 is 1.24 bits per heavy atom. The van der Waals surface area contributed by atoms with Crippen LogP contribution in [-0.4, -0.2) is 50.8 Å². The van der Waals surface area contributed by atoms with Crippen molar-refractivity contribution in [3.8, 4) is 0 Å². The third-order valence-corrected chi connectivity index (χ3v) is 5.62. The predicted molar refractivity (Wildman–Crippen MR) is 89.0 cm³/mol. The summed E-state index contributed by atoms with van der Waals surface area (Å²) in [5.74, 6) is 0.408. The Labute approximate surface area is 133 Å². The Hall–Kier alpha value is -0.620. The lowest BCUT2D eigenvalue weighted by molar-refractivity contribution is 0.271. The fraction of sp³-hybridized carbons (Fsp3) is 0.600. The molecule has 0 heterocycles. The zero-order valence-electron chi connectivity index (χ0n) is 13.2. The molecule has 21 heavy (non-hydrogen) atoms. The van der Waals surface area contributed by atoms with E-state index in [1.807, 2.05) is 57.1 Å². The van der Waals surface area contributed by atoms with Gasteiger partial charge in [-0.2, -0.15) is 4.31 Å². The maximum absolute atomic E-state index is 12.6. The average molecular weight is 333 g/mol. The van der Waals surface area contributed by atoms with E-state index in [0.29, 0.717) is 19.0 Å². The molecule has 1 aromatic rings. The van der Waals surface area contributed by atoms with E-state index in [2.05, 4.69) is 0 Å². The molecule has 1 aromatic carbocycles. The molecule has 1 rings (SSSR count). The van der Waals surface area contributed by atoms with E-state index in [0.717, 1.165) is 11.1 Å². The topological polar surface area (TPSA) is 40.6 Å². The summed E-state index contributed by atoms with van der Waals surface area (Å²) < 4.78 is 26.8. The van der Waals surface area contributed by atoms with Crippen molar-refractivity contribution in [2.75, 3.05) is 27.2 Å². The van der Waals surface area contributed by atoms with Crippen LogP contribution in [0, 0.1) is 0 Å². The lowest BCUT2D eigenvalue weighted by atomic mass is 10.2. The first-order valence-corrected chi connectivity index (χ1v) is 9.22. The Bertz CT molecular complexity index is 546. The first-order valence-electron chi connectivity index (χ1n) is 7.08. The largest absolute Gasteiger partial charge is 0.308 e. The van der Waals surface area contributed by atoms with Gasteiger partial charge in [-0.3, -0.25) is 0 Å². The first-order chi connectivity index (χ1) is 9.80. The molecule has 0 bridgehead atoms. The van der Waals surface area contributed by atoms with E-state index < -0.39 is 10.0 Å². The SMILES string of the molecule is CCN(C(C)CN(C)C)S(=O)(=O)Cc1cccc(CCl)c1. The molecule has 0 radical (unpaired) electrons. The molecule has 0 saturated heterocycles. The fourth-order valence-corrected chi connectivity index (χ4v) is 4.44. The summed E-state index contributed by atoms with van der Waals surface area (Å²) in [6.45, 7) is 5.00. The standard InChI is InChI=1S/C15H25ClN2O2S/c1-5-18(13(2)11-17(3)4)21(19,20)12-15-8-6-7-14(9-15)10-16/h6-9,13H,5,10-12H2,1-4H3. The summed E-state index contributed by atoms with van der Waals surface area (Å²) in [4.78, 5) is 2.00. The summed E-state index contributed by atoms with van der Waals surface area (Å²) in [6, 6.07) is 7.39. The van der Waals surface area contributed by atoms with Gasteiger partial charge in [-0.25, -0.2) is 8.42 Å². The number of rotatable bonds is 8. The number of hydrogen-bond donors (Lipinski definition) is 0. The van der Waals surface area contributed by atoms with Gasteiger partial charge in [0.1, 0.15) is 0 Å². The number of likely N-dealkylation sites (N-methyl/N-ethyl adjacent to an activating group) is 2. The first kappa shape index (κ1) is 18.4. The van der Waals surface area contributed by atoms with Crippen LogP contribution in [0.2, 0.25) is 0 Å². The molecule has 6 heteroatoms. The van der Waals surface area contributed by atoms with Crippen molar-refractivity contribution >= 4 is 21.6 Å². The van der Waals surface area contributed by atoms with Crippen LogP contribution in [0.5, 0.6) is 0 Å². The number of nitrogens with zero attached hydrogens (tertiary/aromatic N) is 2. The van der Waals surface area contributed by atoms with Crippen molar-refractivity contribution < 1.29 is 8.42 Å². The van der Waals surface area contributed by atoms with Gasteiger partial charge in [0.2, 0.25) is 10.0 Å². The molecular formula is C15H25ClN2O2S. The molecule has 0 aliphatic rings. The molecule has 0 amide bonds. The highest BCUT2D eigenvalue weighted by atomic mass is 35.5. The van der Waals surface area contributed by atoms with Gasteiger partial charge in [0.15, 0.2) is 0 Å². The highest BCUT2D eigenvalue weighted by molar-refractivity contribution is 7.88. The monoisotopic (exact) mass is 332 g/mol. The van der Waals surface area contributed by atoms with Crippen LogP contribution in [0.3, 0.4) is 0 Å². The maximum atomic E-state index is 12.6. The molecule has 4 nitrogen and oxygen atoms in total. The highest BCUT2D eigenvalue weighted by Gasteiger charge is 2.26. The Morgan fingerprint density at radius 2 is 1.86 bits per heavy atom. The van der Waals surface area contributed by atoms with Gasteiger partial charge in [0.25, 0.3) is 0 Å². The molecule has 1 atom stereocenters. The van der Waals surface area contributed by atoms with Gasteiger partial charge in [0, 0.05) is 25.0 Å². The van der Waals surface area contributed by atoms with E-state index >= 15 is 0 Å². The Morgan fingerprint density at radius 3 is 2.38 bits per heavy atom. The summed E-state index contributed by atoms with van der Waals surface area (Å²) in [5, 5.41) is 0.